The number of carbonyl (C=O) groups excluding carboxylic acids is 1. The van der Waals surface area contributed by atoms with E-state index in [-0.39, 0.29) is 0 Å². The van der Waals surface area contributed by atoms with Crippen molar-refractivity contribution in [2.24, 2.45) is 11.7 Å². The predicted octanol–water partition coefficient (Wildman–Crippen LogP) is 1.74. The van der Waals surface area contributed by atoms with Crippen LogP contribution in [0.4, 0.5) is 0 Å². The second-order valence-electron chi connectivity index (χ2n) is 4.74. The van der Waals surface area contributed by atoms with Gasteiger partial charge in [-0.05, 0) is 38.0 Å². The van der Waals surface area contributed by atoms with E-state index >= 15 is 0 Å². The van der Waals surface area contributed by atoms with Crippen LogP contribution in [0.15, 0.2) is 11.8 Å². The zero-order valence-corrected chi connectivity index (χ0v) is 12.0. The summed E-state index contributed by atoms with van der Waals surface area (Å²) in [4.78, 5) is 10.5. The minimum absolute atomic E-state index is 0.696. The third-order valence-corrected chi connectivity index (χ3v) is 4.12. The van der Waals surface area contributed by atoms with Gasteiger partial charge in [-0.15, -0.1) is 0 Å². The van der Waals surface area contributed by atoms with E-state index in [4.69, 9.17) is 5.73 Å². The average Bonchev–Trinajstić information content (AvgIpc) is 2.58. The Morgan fingerprint density at radius 2 is 2.39 bits per heavy atom. The molecule has 0 aliphatic carbocycles. The van der Waals surface area contributed by atoms with Crippen LogP contribution < -0.4 is 11.1 Å². The summed E-state index contributed by atoms with van der Waals surface area (Å²) >= 11 is 1.75. The smallest absolute Gasteiger partial charge is 0.211 e. The maximum Gasteiger partial charge on any atom is 0.211 e. The standard InChI is InChI=1S/C13H25N3OS/c1-18-16-9-12(5-3-2-4-8-14)6-7-13(10-16)15-11-17/h7,11-12H,2-6,8-10,14H2,1H3,(H,15,17). The molecule has 0 saturated carbocycles. The Balaban J connectivity index is 2.41. The molecule has 1 unspecified atom stereocenters. The minimum Gasteiger partial charge on any atom is -0.331 e. The highest BCUT2D eigenvalue weighted by Crippen LogP contribution is 2.23. The maximum atomic E-state index is 10.5. The van der Waals surface area contributed by atoms with Crippen molar-refractivity contribution < 1.29 is 4.79 Å². The van der Waals surface area contributed by atoms with Crippen LogP contribution in [0.1, 0.15) is 32.1 Å². The molecule has 0 saturated heterocycles. The van der Waals surface area contributed by atoms with Crippen molar-refractivity contribution in [2.45, 2.75) is 32.1 Å². The molecular formula is C13H25N3OS. The molecule has 5 heteroatoms. The molecule has 104 valence electrons. The Morgan fingerprint density at radius 3 is 3.06 bits per heavy atom. The van der Waals surface area contributed by atoms with Gasteiger partial charge >= 0.3 is 0 Å². The Bertz CT molecular complexity index is 271. The average molecular weight is 271 g/mol. The fraction of sp³-hybridized carbons (Fsp3) is 0.769. The van der Waals surface area contributed by atoms with E-state index in [0.717, 1.165) is 44.6 Å². The molecule has 1 atom stereocenters. The molecule has 3 N–H and O–H groups in total. The molecule has 1 aliphatic heterocycles. The molecule has 1 aliphatic rings. The van der Waals surface area contributed by atoms with Gasteiger partial charge in [0.15, 0.2) is 0 Å². The van der Waals surface area contributed by atoms with E-state index in [2.05, 4.69) is 22.0 Å². The van der Waals surface area contributed by atoms with E-state index in [0.29, 0.717) is 5.92 Å². The van der Waals surface area contributed by atoms with Crippen LogP contribution in [0.3, 0.4) is 0 Å². The normalized spacial score (nSPS) is 21.2. The second-order valence-corrected chi connectivity index (χ2v) is 5.62. The molecule has 0 radical (unpaired) electrons. The molecule has 0 aromatic heterocycles. The Labute approximate surface area is 114 Å². The number of allylic oxidation sites excluding steroid dienone is 1. The zero-order chi connectivity index (χ0) is 13.2. The summed E-state index contributed by atoms with van der Waals surface area (Å²) in [6.07, 6.45) is 11.0. The van der Waals surface area contributed by atoms with E-state index < -0.39 is 0 Å². The second kappa shape index (κ2) is 9.42. The van der Waals surface area contributed by atoms with Crippen LogP contribution in [-0.4, -0.2) is 36.6 Å². The van der Waals surface area contributed by atoms with Gasteiger partial charge in [0.05, 0.1) is 0 Å². The van der Waals surface area contributed by atoms with E-state index in [9.17, 15) is 4.79 Å². The van der Waals surface area contributed by atoms with E-state index in [1.54, 1.807) is 11.9 Å². The lowest BCUT2D eigenvalue weighted by Gasteiger charge is -2.22. The van der Waals surface area contributed by atoms with Crippen molar-refractivity contribution in [3.05, 3.63) is 11.8 Å². The highest BCUT2D eigenvalue weighted by Gasteiger charge is 2.18. The summed E-state index contributed by atoms with van der Waals surface area (Å²) in [5.74, 6) is 0.696. The van der Waals surface area contributed by atoms with Crippen molar-refractivity contribution in [1.82, 2.24) is 9.62 Å². The van der Waals surface area contributed by atoms with Crippen molar-refractivity contribution in [1.29, 1.82) is 0 Å². The number of unbranched alkanes of at least 4 members (excludes halogenated alkanes) is 2. The summed E-state index contributed by atoms with van der Waals surface area (Å²) < 4.78 is 2.32. The molecule has 0 fully saturated rings. The van der Waals surface area contributed by atoms with E-state index in [1.807, 2.05) is 0 Å². The maximum absolute atomic E-state index is 10.5. The first-order valence-corrected chi connectivity index (χ1v) is 7.86. The highest BCUT2D eigenvalue weighted by atomic mass is 32.2. The zero-order valence-electron chi connectivity index (χ0n) is 11.2. The van der Waals surface area contributed by atoms with Gasteiger partial charge in [-0.2, -0.15) is 0 Å². The monoisotopic (exact) mass is 271 g/mol. The molecular weight excluding hydrogens is 246 g/mol. The molecule has 0 spiro atoms. The van der Waals surface area contributed by atoms with Gasteiger partial charge in [0, 0.05) is 18.8 Å². The number of nitrogens with two attached hydrogens (primary N) is 1. The summed E-state index contributed by atoms with van der Waals surface area (Å²) in [6, 6.07) is 0. The van der Waals surface area contributed by atoms with Crippen LogP contribution in [0.25, 0.3) is 0 Å². The topological polar surface area (TPSA) is 58.4 Å². The molecule has 1 amide bonds. The van der Waals surface area contributed by atoms with Crippen LogP contribution in [0.2, 0.25) is 0 Å². The molecule has 18 heavy (non-hydrogen) atoms. The van der Waals surface area contributed by atoms with E-state index in [1.165, 1.54) is 19.3 Å². The lowest BCUT2D eigenvalue weighted by molar-refractivity contribution is -0.109. The number of amides is 1. The van der Waals surface area contributed by atoms with Crippen molar-refractivity contribution in [2.75, 3.05) is 25.9 Å². The summed E-state index contributed by atoms with van der Waals surface area (Å²) in [5, 5.41) is 2.79. The summed E-state index contributed by atoms with van der Waals surface area (Å²) in [7, 11) is 0. The van der Waals surface area contributed by atoms with Gasteiger partial charge in [-0.3, -0.25) is 4.79 Å². The number of nitrogens with one attached hydrogen (secondary N) is 1. The summed E-state index contributed by atoms with van der Waals surface area (Å²) in [5.41, 5.74) is 6.54. The Hall–Kier alpha value is -0.520. The Kier molecular flexibility index (Phi) is 8.13. The summed E-state index contributed by atoms with van der Waals surface area (Å²) in [6.45, 7) is 2.73. The fourth-order valence-corrected chi connectivity index (χ4v) is 2.90. The Morgan fingerprint density at radius 1 is 1.56 bits per heavy atom. The van der Waals surface area contributed by atoms with Crippen LogP contribution in [-0.2, 0) is 4.79 Å². The largest absolute Gasteiger partial charge is 0.331 e. The quantitative estimate of drug-likeness (QED) is 0.401. The van der Waals surface area contributed by atoms with Crippen LogP contribution in [0, 0.1) is 5.92 Å². The van der Waals surface area contributed by atoms with Gasteiger partial charge < -0.3 is 11.1 Å². The van der Waals surface area contributed by atoms with Gasteiger partial charge in [-0.1, -0.05) is 30.9 Å². The lowest BCUT2D eigenvalue weighted by Crippen LogP contribution is -2.26. The van der Waals surface area contributed by atoms with Crippen molar-refractivity contribution >= 4 is 18.4 Å². The lowest BCUT2D eigenvalue weighted by atomic mass is 9.98. The predicted molar refractivity (Wildman–Crippen MR) is 78.0 cm³/mol. The fourth-order valence-electron chi connectivity index (χ4n) is 2.27. The number of hydrogen-bond acceptors (Lipinski definition) is 4. The third-order valence-electron chi connectivity index (χ3n) is 3.33. The first-order valence-electron chi connectivity index (χ1n) is 6.68. The molecule has 0 aromatic carbocycles. The van der Waals surface area contributed by atoms with Gasteiger partial charge in [0.25, 0.3) is 0 Å². The number of rotatable bonds is 8. The first-order chi connectivity index (χ1) is 8.80. The third kappa shape index (κ3) is 5.89. The van der Waals surface area contributed by atoms with Gasteiger partial charge in [-0.25, -0.2) is 4.31 Å². The highest BCUT2D eigenvalue weighted by molar-refractivity contribution is 7.96. The molecule has 0 aromatic rings. The number of nitrogens with zero attached hydrogens (tertiary/aromatic N) is 1. The van der Waals surface area contributed by atoms with Gasteiger partial charge in [0.1, 0.15) is 0 Å². The molecule has 1 rings (SSSR count). The van der Waals surface area contributed by atoms with Crippen LogP contribution in [0.5, 0.6) is 0 Å². The number of carbonyl (C=O) groups is 1. The first kappa shape index (κ1) is 15.5. The SMILES string of the molecule is CSN1CC(NC=O)=CCC(CCCCCN)C1. The van der Waals surface area contributed by atoms with Crippen LogP contribution >= 0.6 is 11.9 Å². The minimum atomic E-state index is 0.696. The van der Waals surface area contributed by atoms with Crippen molar-refractivity contribution in [3.63, 3.8) is 0 Å². The van der Waals surface area contributed by atoms with Crippen molar-refractivity contribution in [3.8, 4) is 0 Å². The van der Waals surface area contributed by atoms with Gasteiger partial charge in [0.2, 0.25) is 6.41 Å². The molecule has 4 nitrogen and oxygen atoms in total. The molecule has 1 heterocycles. The molecule has 0 bridgehead atoms. The number of hydrogen-bond donors (Lipinski definition) is 2.